The molecular formula is C18H27. The van der Waals surface area contributed by atoms with E-state index in [1.165, 1.54) is 76.2 Å². The van der Waals surface area contributed by atoms with Gasteiger partial charge in [-0.15, -0.1) is 0 Å². The quantitative estimate of drug-likeness (QED) is 0.537. The van der Waals surface area contributed by atoms with Gasteiger partial charge in [-0.2, -0.15) is 0 Å². The van der Waals surface area contributed by atoms with E-state index in [-0.39, 0.29) is 0 Å². The molecule has 1 radical (unpaired) electrons. The van der Waals surface area contributed by atoms with Gasteiger partial charge in [0.1, 0.15) is 0 Å². The molecule has 0 fully saturated rings. The van der Waals surface area contributed by atoms with Gasteiger partial charge in [-0.05, 0) is 68.6 Å². The van der Waals surface area contributed by atoms with Crippen LogP contribution in [0.25, 0.3) is 0 Å². The Morgan fingerprint density at radius 3 is 2.56 bits per heavy atom. The SMILES string of the molecule is [C]1=C(/C2=C\CCCCCCC2)\C=C/CCCCC/1. The summed E-state index contributed by atoms with van der Waals surface area (Å²) in [6, 6.07) is 0. The second kappa shape index (κ2) is 8.34. The molecule has 0 aliphatic heterocycles. The Labute approximate surface area is 113 Å². The van der Waals surface area contributed by atoms with Crippen LogP contribution >= 0.6 is 0 Å². The Kier molecular flexibility index (Phi) is 6.33. The molecule has 0 aromatic carbocycles. The first-order chi connectivity index (χ1) is 8.97. The van der Waals surface area contributed by atoms with E-state index in [0.717, 1.165) is 6.42 Å². The van der Waals surface area contributed by atoms with Gasteiger partial charge >= 0.3 is 0 Å². The minimum absolute atomic E-state index is 1.15. The molecule has 0 atom stereocenters. The third-order valence-corrected chi connectivity index (χ3v) is 4.03. The summed E-state index contributed by atoms with van der Waals surface area (Å²) in [7, 11) is 0. The molecule has 0 N–H and O–H groups in total. The second-order valence-electron chi connectivity index (χ2n) is 5.63. The van der Waals surface area contributed by atoms with Gasteiger partial charge in [0.15, 0.2) is 0 Å². The fourth-order valence-corrected chi connectivity index (χ4v) is 2.88. The molecule has 0 bridgehead atoms. The normalized spacial score (nSPS) is 31.1. The summed E-state index contributed by atoms with van der Waals surface area (Å²) < 4.78 is 0. The first-order valence-corrected chi connectivity index (χ1v) is 7.93. The number of hydrogen-bond acceptors (Lipinski definition) is 0. The molecule has 0 spiro atoms. The van der Waals surface area contributed by atoms with Crippen LogP contribution in [0.4, 0.5) is 0 Å². The molecule has 0 heterocycles. The van der Waals surface area contributed by atoms with Crippen LogP contribution in [0.1, 0.15) is 77.0 Å². The Morgan fingerprint density at radius 2 is 1.56 bits per heavy atom. The smallest absolute Gasteiger partial charge is 0.0196 e. The summed E-state index contributed by atoms with van der Waals surface area (Å²) in [6.45, 7) is 0. The molecule has 0 aromatic rings. The van der Waals surface area contributed by atoms with Crippen LogP contribution < -0.4 is 0 Å². The fourth-order valence-electron chi connectivity index (χ4n) is 2.88. The topological polar surface area (TPSA) is 0 Å². The maximum atomic E-state index is 3.66. The molecule has 2 rings (SSSR count). The standard InChI is InChI=1S/C18H27/c1-2-6-10-14-17(13-9-5-1)18-15-11-7-3-4-8-12-16-18/h9,13,15H,1-8,10-12,16H2/b13-9-,17-14?,18-15-. The molecule has 2 aliphatic carbocycles. The zero-order valence-electron chi connectivity index (χ0n) is 11.7. The zero-order chi connectivity index (χ0) is 12.5. The lowest BCUT2D eigenvalue weighted by molar-refractivity contribution is 0.629. The lowest BCUT2D eigenvalue weighted by Crippen LogP contribution is -1.89. The predicted octanol–water partition coefficient (Wildman–Crippen LogP) is 5.91. The van der Waals surface area contributed by atoms with Gasteiger partial charge in [-0.3, -0.25) is 0 Å². The van der Waals surface area contributed by atoms with E-state index in [1.807, 2.05) is 0 Å². The zero-order valence-corrected chi connectivity index (χ0v) is 11.7. The molecule has 0 aromatic heterocycles. The second-order valence-corrected chi connectivity index (χ2v) is 5.63. The van der Waals surface area contributed by atoms with E-state index in [9.17, 15) is 0 Å². The molecule has 0 amide bonds. The highest BCUT2D eigenvalue weighted by atomic mass is 14.1. The van der Waals surface area contributed by atoms with Crippen molar-refractivity contribution in [1.29, 1.82) is 0 Å². The average molecular weight is 243 g/mol. The minimum Gasteiger partial charge on any atom is -0.0839 e. The van der Waals surface area contributed by atoms with Crippen LogP contribution in [0.15, 0.2) is 29.4 Å². The summed E-state index contributed by atoms with van der Waals surface area (Å²) in [5, 5.41) is 0. The van der Waals surface area contributed by atoms with Crippen molar-refractivity contribution in [2.45, 2.75) is 77.0 Å². The third-order valence-electron chi connectivity index (χ3n) is 4.03. The van der Waals surface area contributed by atoms with E-state index < -0.39 is 0 Å². The highest BCUT2D eigenvalue weighted by Gasteiger charge is 2.06. The Hall–Kier alpha value is -0.780. The lowest BCUT2D eigenvalue weighted by Gasteiger charge is -2.08. The van der Waals surface area contributed by atoms with Gasteiger partial charge in [0.2, 0.25) is 0 Å². The molecule has 18 heavy (non-hydrogen) atoms. The molecule has 2 aliphatic rings. The summed E-state index contributed by atoms with van der Waals surface area (Å²) in [5.74, 6) is 0. The van der Waals surface area contributed by atoms with Gasteiger partial charge in [0, 0.05) is 0 Å². The van der Waals surface area contributed by atoms with E-state index >= 15 is 0 Å². The van der Waals surface area contributed by atoms with Crippen molar-refractivity contribution < 1.29 is 0 Å². The number of rotatable bonds is 1. The Balaban J connectivity index is 2.06. The van der Waals surface area contributed by atoms with Crippen LogP contribution in [0.5, 0.6) is 0 Å². The molecule has 0 nitrogen and oxygen atoms in total. The van der Waals surface area contributed by atoms with E-state index in [4.69, 9.17) is 0 Å². The summed E-state index contributed by atoms with van der Waals surface area (Å²) in [5.41, 5.74) is 2.99. The van der Waals surface area contributed by atoms with Crippen LogP contribution in [-0.2, 0) is 0 Å². The minimum atomic E-state index is 1.15. The lowest BCUT2D eigenvalue weighted by atomic mass is 9.97. The maximum absolute atomic E-state index is 3.66. The highest BCUT2D eigenvalue weighted by Crippen LogP contribution is 2.24. The van der Waals surface area contributed by atoms with E-state index in [2.05, 4.69) is 24.3 Å². The van der Waals surface area contributed by atoms with Gasteiger partial charge in [0.25, 0.3) is 0 Å². The first kappa shape index (κ1) is 13.6. The molecule has 0 heteroatoms. The highest BCUT2D eigenvalue weighted by molar-refractivity contribution is 5.38. The van der Waals surface area contributed by atoms with Crippen LogP contribution in [0, 0.1) is 6.08 Å². The summed E-state index contributed by atoms with van der Waals surface area (Å²) >= 11 is 0. The first-order valence-electron chi connectivity index (χ1n) is 7.93. The molecule has 0 saturated heterocycles. The molecule has 0 unspecified atom stereocenters. The predicted molar refractivity (Wildman–Crippen MR) is 79.4 cm³/mol. The fraction of sp³-hybridized carbons (Fsp3) is 0.667. The van der Waals surface area contributed by atoms with Crippen LogP contribution in [0.2, 0.25) is 0 Å². The maximum Gasteiger partial charge on any atom is -0.0196 e. The molecular weight excluding hydrogens is 216 g/mol. The number of hydrogen-bond donors (Lipinski definition) is 0. The Bertz CT molecular complexity index is 317. The third kappa shape index (κ3) is 4.84. The van der Waals surface area contributed by atoms with Crippen molar-refractivity contribution in [3.05, 3.63) is 35.5 Å². The van der Waals surface area contributed by atoms with Crippen molar-refractivity contribution in [3.8, 4) is 0 Å². The average Bonchev–Trinajstić information content (AvgIpc) is 2.61. The van der Waals surface area contributed by atoms with Gasteiger partial charge in [0.05, 0.1) is 0 Å². The van der Waals surface area contributed by atoms with Gasteiger partial charge in [-0.25, -0.2) is 0 Å². The van der Waals surface area contributed by atoms with Crippen LogP contribution in [-0.4, -0.2) is 0 Å². The van der Waals surface area contributed by atoms with Gasteiger partial charge < -0.3 is 0 Å². The summed E-state index contributed by atoms with van der Waals surface area (Å²) in [4.78, 5) is 0. The number of allylic oxidation sites excluding steroid dienone is 6. The van der Waals surface area contributed by atoms with Crippen molar-refractivity contribution in [1.82, 2.24) is 0 Å². The van der Waals surface area contributed by atoms with E-state index in [0.29, 0.717) is 0 Å². The van der Waals surface area contributed by atoms with Crippen molar-refractivity contribution in [2.75, 3.05) is 0 Å². The largest absolute Gasteiger partial charge is 0.0839 e. The van der Waals surface area contributed by atoms with E-state index in [1.54, 1.807) is 5.57 Å². The van der Waals surface area contributed by atoms with Gasteiger partial charge in [-0.1, -0.05) is 43.9 Å². The van der Waals surface area contributed by atoms with Crippen LogP contribution in [0.3, 0.4) is 0 Å². The van der Waals surface area contributed by atoms with Crippen molar-refractivity contribution in [3.63, 3.8) is 0 Å². The van der Waals surface area contributed by atoms with Crippen molar-refractivity contribution >= 4 is 0 Å². The molecule has 0 saturated carbocycles. The monoisotopic (exact) mass is 243 g/mol. The summed E-state index contributed by atoms with van der Waals surface area (Å²) in [6.07, 6.45) is 26.8. The molecule has 99 valence electrons. The Morgan fingerprint density at radius 1 is 0.778 bits per heavy atom. The van der Waals surface area contributed by atoms with Crippen molar-refractivity contribution in [2.24, 2.45) is 0 Å².